The van der Waals surface area contributed by atoms with Gasteiger partial charge in [0, 0.05) is 0 Å². The summed E-state index contributed by atoms with van der Waals surface area (Å²) < 4.78 is 11.2. The van der Waals surface area contributed by atoms with Gasteiger partial charge in [0.05, 0.1) is 0 Å². The molecule has 160 valence electrons. The quantitative estimate of drug-likeness (QED) is 0.305. The number of nitrogens with zero attached hydrogens (tertiary/aromatic N) is 1. The Bertz CT molecular complexity index is 1100. The zero-order chi connectivity index (χ0) is 21.8. The Balaban J connectivity index is 1.40. The predicted molar refractivity (Wildman–Crippen MR) is 117 cm³/mol. The Morgan fingerprint density at radius 1 is 1.19 bits per heavy atom. The number of fused-ring (bicyclic) bond motifs is 1. The molecule has 3 atom stereocenters. The van der Waals surface area contributed by atoms with Gasteiger partial charge in [-0.15, -0.1) is 0 Å². The van der Waals surface area contributed by atoms with Gasteiger partial charge in [-0.1, -0.05) is 0 Å². The summed E-state index contributed by atoms with van der Waals surface area (Å²) in [6.45, 7) is 2.99. The second-order valence-corrected chi connectivity index (χ2v) is 10.6. The van der Waals surface area contributed by atoms with Gasteiger partial charge in [0.1, 0.15) is 0 Å². The summed E-state index contributed by atoms with van der Waals surface area (Å²) >= 11 is -1.12. The van der Waals surface area contributed by atoms with Crippen LogP contribution in [-0.2, 0) is 16.1 Å². The van der Waals surface area contributed by atoms with Crippen molar-refractivity contribution in [2.24, 2.45) is 5.92 Å². The normalized spacial score (nSPS) is 18.5. The molecule has 1 amide bonds. The van der Waals surface area contributed by atoms with Crippen LogP contribution in [0.25, 0.3) is 10.9 Å². The number of ether oxygens (including phenoxy) is 2. The summed E-state index contributed by atoms with van der Waals surface area (Å²) in [4.78, 5) is 29.0. The summed E-state index contributed by atoms with van der Waals surface area (Å²) in [6, 6.07) is 17.1. The minimum atomic E-state index is -1.12. The van der Waals surface area contributed by atoms with Gasteiger partial charge >= 0.3 is 186 Å². The molecule has 1 fully saturated rings. The number of hydroxylamine groups is 1. The summed E-state index contributed by atoms with van der Waals surface area (Å²) in [5, 5.41) is 9.92. The third kappa shape index (κ3) is 4.96. The Morgan fingerprint density at radius 3 is 2.74 bits per heavy atom. The zero-order valence-electron chi connectivity index (χ0n) is 17.0. The number of rotatable bonds is 7. The molecule has 31 heavy (non-hydrogen) atoms. The van der Waals surface area contributed by atoms with Crippen LogP contribution in [0.4, 0.5) is 0 Å². The molecule has 4 rings (SSSR count). The Hall–Kier alpha value is -2.73. The topological polar surface area (TPSA) is 97.8 Å². The molecular formula is C23H23AsN2O5. The first-order chi connectivity index (χ1) is 15.0. The van der Waals surface area contributed by atoms with Gasteiger partial charge in [0.15, 0.2) is 0 Å². The van der Waals surface area contributed by atoms with E-state index in [0.717, 1.165) is 22.2 Å². The van der Waals surface area contributed by atoms with E-state index in [1.165, 1.54) is 0 Å². The van der Waals surface area contributed by atoms with Gasteiger partial charge in [-0.25, -0.2) is 0 Å². The number of pyridine rings is 1. The van der Waals surface area contributed by atoms with E-state index in [1.54, 1.807) is 29.7 Å². The number of benzene rings is 2. The molecular weight excluding hydrogens is 459 g/mol. The minimum absolute atomic E-state index is 0.0496. The number of hydrogen-bond acceptors (Lipinski definition) is 6. The Kier molecular flexibility index (Phi) is 6.66. The van der Waals surface area contributed by atoms with E-state index < -0.39 is 27.6 Å². The van der Waals surface area contributed by atoms with E-state index >= 15 is 0 Å². The molecule has 1 saturated heterocycles. The molecule has 1 aromatic heterocycles. The molecule has 1 unspecified atom stereocenters. The first-order valence-electron chi connectivity index (χ1n) is 9.96. The average molecular weight is 482 g/mol. The summed E-state index contributed by atoms with van der Waals surface area (Å²) in [7, 11) is 0. The van der Waals surface area contributed by atoms with Crippen LogP contribution in [0.5, 0.6) is 5.75 Å². The van der Waals surface area contributed by atoms with Crippen LogP contribution < -0.4 is 10.2 Å². The van der Waals surface area contributed by atoms with Crippen LogP contribution >= 0.6 is 0 Å². The molecule has 2 aromatic carbocycles. The number of aryl methyl sites for hydroxylation is 1. The second kappa shape index (κ2) is 9.60. The average Bonchev–Trinajstić information content (AvgIpc) is 3.25. The first-order valence-corrected chi connectivity index (χ1v) is 12.2. The fourth-order valence-corrected chi connectivity index (χ4v) is 6.44. The summed E-state index contributed by atoms with van der Waals surface area (Å²) in [5.41, 5.74) is 5.21. The van der Waals surface area contributed by atoms with E-state index in [2.05, 4.69) is 4.98 Å². The number of aromatic nitrogens is 1. The standard InChI is InChI=1S/C23H23AsN2O5/c1-14-10-16(18-4-2-3-5-21(18)25-14)11-31-17-8-6-15(7-9-17)22(27)24-20-13-30-12-19(20)23(28)26-29/h2-10,19-20,24,29H,11-13H2,1H3,(H,26,28)/t19-,20+/m0/s1. The molecule has 0 radical (unpaired) electrons. The summed E-state index contributed by atoms with van der Waals surface area (Å²) in [6.07, 6.45) is 0. The molecule has 2 heterocycles. The van der Waals surface area contributed by atoms with Crippen LogP contribution in [0.3, 0.4) is 0 Å². The monoisotopic (exact) mass is 482 g/mol. The third-order valence-corrected chi connectivity index (χ3v) is 8.41. The van der Waals surface area contributed by atoms with Crippen molar-refractivity contribution in [2.75, 3.05) is 13.2 Å². The molecule has 1 aliphatic rings. The number of hydrogen-bond donors (Lipinski definition) is 2. The van der Waals surface area contributed by atoms with E-state index in [1.807, 2.05) is 37.3 Å². The van der Waals surface area contributed by atoms with E-state index in [0.29, 0.717) is 24.5 Å². The van der Waals surface area contributed by atoms with Crippen molar-refractivity contribution in [3.05, 3.63) is 71.4 Å². The van der Waals surface area contributed by atoms with Crippen molar-refractivity contribution in [2.45, 2.75) is 18.2 Å². The SMILES string of the molecule is Cc1cc(COc2ccc(C(=O)[AsH][C@@H]3COC[C@@H]3C(=O)NO)cc2)c2ccccc2n1. The predicted octanol–water partition coefficient (Wildman–Crippen LogP) is 2.64. The van der Waals surface area contributed by atoms with Crippen molar-refractivity contribution in [3.8, 4) is 5.75 Å². The Labute approximate surface area is 186 Å². The van der Waals surface area contributed by atoms with Crippen molar-refractivity contribution in [3.63, 3.8) is 0 Å². The maximum absolute atomic E-state index is 12.7. The van der Waals surface area contributed by atoms with Crippen LogP contribution in [0, 0.1) is 12.8 Å². The Morgan fingerprint density at radius 2 is 1.97 bits per heavy atom. The van der Waals surface area contributed by atoms with Gasteiger partial charge < -0.3 is 0 Å². The van der Waals surface area contributed by atoms with E-state index in [4.69, 9.17) is 14.7 Å². The van der Waals surface area contributed by atoms with E-state index in [-0.39, 0.29) is 15.9 Å². The van der Waals surface area contributed by atoms with Crippen molar-refractivity contribution in [1.82, 2.24) is 10.5 Å². The number of carbonyl (C=O) groups excluding carboxylic acids is 2. The van der Waals surface area contributed by atoms with Crippen molar-refractivity contribution >= 4 is 37.1 Å². The molecule has 3 aromatic rings. The fourth-order valence-electron chi connectivity index (χ4n) is 3.67. The maximum atomic E-state index is 12.7. The van der Waals surface area contributed by atoms with Crippen LogP contribution in [0.2, 0.25) is 4.71 Å². The third-order valence-electron chi connectivity index (χ3n) is 5.28. The number of para-hydroxylation sites is 1. The van der Waals surface area contributed by atoms with Gasteiger partial charge in [0.2, 0.25) is 0 Å². The molecule has 0 spiro atoms. The zero-order valence-corrected chi connectivity index (χ0v) is 19.1. The van der Waals surface area contributed by atoms with Crippen LogP contribution in [0.1, 0.15) is 21.6 Å². The van der Waals surface area contributed by atoms with Gasteiger partial charge in [0.25, 0.3) is 0 Å². The van der Waals surface area contributed by atoms with Crippen molar-refractivity contribution in [1.29, 1.82) is 0 Å². The van der Waals surface area contributed by atoms with Gasteiger partial charge in [-0.3, -0.25) is 0 Å². The van der Waals surface area contributed by atoms with Crippen LogP contribution in [0.15, 0.2) is 54.6 Å². The van der Waals surface area contributed by atoms with E-state index in [9.17, 15) is 9.59 Å². The molecule has 2 N–H and O–H groups in total. The van der Waals surface area contributed by atoms with Crippen LogP contribution in [-0.4, -0.2) is 49.6 Å². The fraction of sp³-hybridized carbons (Fsp3) is 0.261. The molecule has 0 aliphatic carbocycles. The summed E-state index contributed by atoms with van der Waals surface area (Å²) in [5.74, 6) is -0.270. The second-order valence-electron chi connectivity index (χ2n) is 7.45. The molecule has 7 nitrogen and oxygen atoms in total. The molecule has 8 heteroatoms. The molecule has 0 saturated carbocycles. The molecule has 1 aliphatic heterocycles. The van der Waals surface area contributed by atoms with Crippen molar-refractivity contribution < 1.29 is 24.3 Å². The first kappa shape index (κ1) is 21.5. The number of carbonyl (C=O) groups is 2. The van der Waals surface area contributed by atoms with Gasteiger partial charge in [-0.05, 0) is 0 Å². The number of nitrogens with one attached hydrogen (secondary N) is 1. The number of amides is 1. The molecule has 0 bridgehead atoms. The van der Waals surface area contributed by atoms with Gasteiger partial charge in [-0.2, -0.15) is 0 Å².